The third-order valence-corrected chi connectivity index (χ3v) is 5.46. The fourth-order valence-corrected chi connectivity index (χ4v) is 1.16. The Bertz CT molecular complexity index is 85.8. The quantitative estimate of drug-likeness (QED) is 0.271. The number of halogens is 3. The van der Waals surface area contributed by atoms with Crippen molar-refractivity contribution >= 4 is 40.5 Å². The van der Waals surface area contributed by atoms with Gasteiger partial charge < -0.3 is 0 Å². The summed E-state index contributed by atoms with van der Waals surface area (Å²) < 4.78 is 0. The van der Waals surface area contributed by atoms with Crippen LogP contribution in [0.4, 0.5) is 0 Å². The second kappa shape index (κ2) is 3.11. The molecule has 0 rings (SSSR count). The first-order chi connectivity index (χ1) is 3.48. The van der Waals surface area contributed by atoms with Crippen LogP contribution in [-0.2, 0) is 0 Å². The van der Waals surface area contributed by atoms with Crippen LogP contribution in [0.2, 0.25) is 6.55 Å². The van der Waals surface area contributed by atoms with Gasteiger partial charge >= 0.3 is 0 Å². The molecule has 0 aliphatic carbocycles. The van der Waals surface area contributed by atoms with Gasteiger partial charge in [-0.05, 0) is 6.55 Å². The van der Waals surface area contributed by atoms with Gasteiger partial charge in [0, 0.05) is 0 Å². The molecule has 1 unspecified atom stereocenters. The highest BCUT2D eigenvalue weighted by molar-refractivity contribution is 7.47. The molecule has 1 atom stereocenters. The van der Waals surface area contributed by atoms with Gasteiger partial charge in [0.15, 0.2) is 0 Å². The molecule has 4 heteroatoms. The molecule has 0 N–H and O–H groups in total. The Kier molecular flexibility index (Phi) is 3.43. The van der Waals surface area contributed by atoms with Gasteiger partial charge in [-0.25, -0.2) is 0 Å². The maximum absolute atomic E-state index is 5.68. The van der Waals surface area contributed by atoms with Crippen molar-refractivity contribution in [3.63, 3.8) is 0 Å². The number of allylic oxidation sites excluding steroid dienone is 1. The van der Waals surface area contributed by atoms with Crippen LogP contribution in [0.5, 0.6) is 0 Å². The Labute approximate surface area is 64.8 Å². The predicted molar refractivity (Wildman–Crippen MR) is 43.2 cm³/mol. The molecule has 48 valence electrons. The molecular formula is C4H7Cl3Si. The fraction of sp³-hybridized carbons (Fsp3) is 0.500. The van der Waals surface area contributed by atoms with E-state index in [4.69, 9.17) is 33.8 Å². The van der Waals surface area contributed by atoms with Crippen molar-refractivity contribution in [1.82, 2.24) is 0 Å². The van der Waals surface area contributed by atoms with Crippen LogP contribution in [0.25, 0.3) is 0 Å². The maximum atomic E-state index is 5.68. The van der Waals surface area contributed by atoms with Crippen LogP contribution in [0, 0.1) is 0 Å². The number of rotatable bonds is 2. The Morgan fingerprint density at radius 1 is 1.62 bits per heavy atom. The second-order valence-electron chi connectivity index (χ2n) is 1.59. The first-order valence-electron chi connectivity index (χ1n) is 2.13. The number of hydrogen-bond donors (Lipinski definition) is 0. The van der Waals surface area contributed by atoms with E-state index in [1.165, 1.54) is 0 Å². The summed E-state index contributed by atoms with van der Waals surface area (Å²) in [4.78, 5) is 0. The van der Waals surface area contributed by atoms with Crippen LogP contribution >= 0.6 is 33.8 Å². The van der Waals surface area contributed by atoms with E-state index in [2.05, 4.69) is 6.58 Å². The largest absolute Gasteiger partial charge is 0.269 e. The molecule has 0 spiro atoms. The summed E-state index contributed by atoms with van der Waals surface area (Å²) in [5, 5.41) is -0.245. The Morgan fingerprint density at radius 2 is 2.00 bits per heavy atom. The minimum absolute atomic E-state index is 0.245. The molecule has 0 aromatic carbocycles. The lowest BCUT2D eigenvalue weighted by molar-refractivity contribution is 1.56. The van der Waals surface area contributed by atoms with Gasteiger partial charge in [-0.15, -0.1) is 40.3 Å². The normalized spacial score (nSPS) is 15.5. The van der Waals surface area contributed by atoms with Gasteiger partial charge in [0.2, 0.25) is 0 Å². The summed E-state index contributed by atoms with van der Waals surface area (Å²) in [6.07, 6.45) is 1.56. The molecule has 0 fully saturated rings. The highest BCUT2D eigenvalue weighted by Crippen LogP contribution is 2.23. The molecule has 0 aromatic heterocycles. The molecule has 0 saturated heterocycles. The Hall–Kier alpha value is 0.827. The molecule has 0 saturated carbocycles. The standard InChI is InChI=1S/C4H7Cl3Si/c1-3-4(5)8(2,6)7/h3-4H,1H2,2H3. The van der Waals surface area contributed by atoms with E-state index in [0.717, 1.165) is 0 Å². The van der Waals surface area contributed by atoms with Crippen LogP contribution in [0.3, 0.4) is 0 Å². The number of alkyl halides is 1. The van der Waals surface area contributed by atoms with E-state index in [1.807, 2.05) is 0 Å². The van der Waals surface area contributed by atoms with Gasteiger partial charge in [0.1, 0.15) is 0 Å². The lowest BCUT2D eigenvalue weighted by atomic mass is 10.8. The molecule has 0 aliphatic rings. The van der Waals surface area contributed by atoms with Gasteiger partial charge in [-0.1, -0.05) is 6.08 Å². The monoisotopic (exact) mass is 188 g/mol. The highest BCUT2D eigenvalue weighted by Gasteiger charge is 2.28. The van der Waals surface area contributed by atoms with Crippen LogP contribution in [-0.4, -0.2) is 11.7 Å². The second-order valence-corrected chi connectivity index (χ2v) is 10.3. The summed E-state index contributed by atoms with van der Waals surface area (Å²) in [5.41, 5.74) is 0. The third kappa shape index (κ3) is 2.97. The zero-order valence-electron chi connectivity index (χ0n) is 4.50. The van der Waals surface area contributed by atoms with Crippen molar-refractivity contribution < 1.29 is 0 Å². The van der Waals surface area contributed by atoms with E-state index in [-0.39, 0.29) is 5.00 Å². The molecule has 0 aromatic rings. The smallest absolute Gasteiger partial charge is 0.144 e. The summed E-state index contributed by atoms with van der Waals surface area (Å²) >= 11 is 17.0. The predicted octanol–water partition coefficient (Wildman–Crippen LogP) is 2.87. The lowest BCUT2D eigenvalue weighted by Crippen LogP contribution is -2.26. The highest BCUT2D eigenvalue weighted by atomic mass is 35.7. The summed E-state index contributed by atoms with van der Waals surface area (Å²) in [6.45, 7) is 3.05. The Balaban J connectivity index is 3.80. The number of hydrogen-bond acceptors (Lipinski definition) is 0. The average molecular weight is 190 g/mol. The molecular weight excluding hydrogens is 182 g/mol. The van der Waals surface area contributed by atoms with E-state index < -0.39 is 6.69 Å². The molecule has 0 nitrogen and oxygen atoms in total. The van der Waals surface area contributed by atoms with Crippen molar-refractivity contribution in [2.45, 2.75) is 11.5 Å². The van der Waals surface area contributed by atoms with E-state index in [1.54, 1.807) is 12.6 Å². The first kappa shape index (κ1) is 8.83. The molecule has 0 amide bonds. The van der Waals surface area contributed by atoms with Crippen molar-refractivity contribution in [3.05, 3.63) is 12.7 Å². The summed E-state index contributed by atoms with van der Waals surface area (Å²) in [7, 11) is 0. The zero-order chi connectivity index (χ0) is 6.78. The SMILES string of the molecule is C=CC(Cl)[Si](C)(Cl)Cl. The first-order valence-corrected chi connectivity index (χ1v) is 7.16. The summed E-state index contributed by atoms with van der Waals surface area (Å²) in [6, 6.07) is 0. The molecule has 8 heavy (non-hydrogen) atoms. The van der Waals surface area contributed by atoms with Gasteiger partial charge in [0.25, 0.3) is 6.69 Å². The average Bonchev–Trinajstić information content (AvgIpc) is 1.62. The van der Waals surface area contributed by atoms with Gasteiger partial charge in [-0.3, -0.25) is 0 Å². The van der Waals surface area contributed by atoms with Crippen LogP contribution in [0.1, 0.15) is 0 Å². The minimum Gasteiger partial charge on any atom is -0.144 e. The van der Waals surface area contributed by atoms with Gasteiger partial charge in [0.05, 0.1) is 5.00 Å². The maximum Gasteiger partial charge on any atom is 0.269 e. The lowest BCUT2D eigenvalue weighted by Gasteiger charge is -2.11. The summed E-state index contributed by atoms with van der Waals surface area (Å²) in [5.74, 6) is 0. The van der Waals surface area contributed by atoms with Crippen LogP contribution < -0.4 is 0 Å². The zero-order valence-corrected chi connectivity index (χ0v) is 7.76. The van der Waals surface area contributed by atoms with E-state index >= 15 is 0 Å². The van der Waals surface area contributed by atoms with Gasteiger partial charge in [-0.2, -0.15) is 0 Å². The molecule has 0 aliphatic heterocycles. The molecule has 0 bridgehead atoms. The molecule has 0 radical (unpaired) electrons. The minimum atomic E-state index is -2.17. The van der Waals surface area contributed by atoms with Crippen molar-refractivity contribution in [3.8, 4) is 0 Å². The fourth-order valence-electron chi connectivity index (χ4n) is 0.207. The van der Waals surface area contributed by atoms with E-state index in [9.17, 15) is 0 Å². The van der Waals surface area contributed by atoms with Crippen LogP contribution in [0.15, 0.2) is 12.7 Å². The van der Waals surface area contributed by atoms with Crippen molar-refractivity contribution in [1.29, 1.82) is 0 Å². The molecule has 0 heterocycles. The van der Waals surface area contributed by atoms with E-state index in [0.29, 0.717) is 0 Å². The topological polar surface area (TPSA) is 0 Å². The van der Waals surface area contributed by atoms with Crippen molar-refractivity contribution in [2.24, 2.45) is 0 Å². The third-order valence-electron chi connectivity index (χ3n) is 0.691. The Morgan fingerprint density at radius 3 is 2.00 bits per heavy atom. The van der Waals surface area contributed by atoms with Crippen molar-refractivity contribution in [2.75, 3.05) is 0 Å².